The molecule has 8 nitrogen and oxygen atoms in total. The topological polar surface area (TPSA) is 115 Å². The Bertz CT molecular complexity index is 1890. The lowest BCUT2D eigenvalue weighted by atomic mass is 9.83. The molecule has 0 radical (unpaired) electrons. The van der Waals surface area contributed by atoms with Crippen molar-refractivity contribution < 1.29 is 25.9 Å². The van der Waals surface area contributed by atoms with E-state index in [-0.39, 0.29) is 10.8 Å². The summed E-state index contributed by atoms with van der Waals surface area (Å²) >= 11 is 0. The zero-order valence-electron chi connectivity index (χ0n) is 29.9. The lowest BCUT2D eigenvalue weighted by Gasteiger charge is -2.33. The molecule has 4 aromatic rings. The van der Waals surface area contributed by atoms with Crippen LogP contribution in [0.25, 0.3) is 10.8 Å². The van der Waals surface area contributed by atoms with Crippen LogP contribution < -0.4 is 0 Å². The first-order valence-electron chi connectivity index (χ1n) is 16.8. The molecule has 0 bridgehead atoms. The fourth-order valence-electron chi connectivity index (χ4n) is 6.83. The zero-order valence-corrected chi connectivity index (χ0v) is 31.5. The van der Waals surface area contributed by atoms with E-state index in [9.17, 15) is 16.8 Å². The minimum atomic E-state index is -4.47. The van der Waals surface area contributed by atoms with Crippen LogP contribution in [-0.2, 0) is 20.2 Å². The van der Waals surface area contributed by atoms with Gasteiger partial charge in [-0.05, 0) is 91.0 Å². The molecule has 2 aliphatic rings. The summed E-state index contributed by atoms with van der Waals surface area (Å²) in [7, 11) is -4.51. The first-order chi connectivity index (χ1) is 23.6. The van der Waals surface area contributed by atoms with E-state index in [1.165, 1.54) is 72.5 Å². The van der Waals surface area contributed by atoms with Gasteiger partial charge < -0.3 is 9.80 Å². The number of likely N-dealkylation sites (N-methyl/N-ethyl adjacent to an activating group) is 2. The highest BCUT2D eigenvalue weighted by Gasteiger charge is 2.25. The maximum Gasteiger partial charge on any atom is 0.295 e. The number of nitrogens with zero attached hydrogens (tertiary/aromatic N) is 2. The molecule has 4 aromatic carbocycles. The number of hydrogen-bond acceptors (Lipinski definition) is 6. The molecule has 0 saturated carbocycles. The van der Waals surface area contributed by atoms with Gasteiger partial charge in [-0.3, -0.25) is 9.11 Å². The van der Waals surface area contributed by atoms with Crippen LogP contribution >= 0.6 is 0 Å². The van der Waals surface area contributed by atoms with Gasteiger partial charge in [0.2, 0.25) is 0 Å². The van der Waals surface area contributed by atoms with E-state index in [1.807, 2.05) is 0 Å². The van der Waals surface area contributed by atoms with E-state index in [4.69, 9.17) is 9.11 Å². The van der Waals surface area contributed by atoms with Crippen molar-refractivity contribution in [1.82, 2.24) is 9.80 Å². The highest BCUT2D eigenvalue weighted by atomic mass is 32.2. The molecule has 0 aromatic heterocycles. The first-order valence-corrected chi connectivity index (χ1v) is 19.7. The molecule has 0 aliphatic carbocycles. The Labute approximate surface area is 298 Å². The van der Waals surface area contributed by atoms with Gasteiger partial charge in [-0.2, -0.15) is 16.8 Å². The van der Waals surface area contributed by atoms with Crippen molar-refractivity contribution >= 4 is 31.0 Å². The number of hydrogen-bond donors (Lipinski definition) is 2. The highest BCUT2D eigenvalue weighted by molar-refractivity contribution is 7.86. The third kappa shape index (κ3) is 10.2. The minimum Gasteiger partial charge on any atom is -0.302 e. The molecular weight excluding hydrogens is 669 g/mol. The van der Waals surface area contributed by atoms with E-state index in [2.05, 4.69) is 112 Å². The summed E-state index contributed by atoms with van der Waals surface area (Å²) in [6.45, 7) is 13.6. The Balaban J connectivity index is 0.000000169. The number of allylic oxidation sites excluding steroid dienone is 2. The van der Waals surface area contributed by atoms with E-state index in [0.29, 0.717) is 11.8 Å². The molecule has 2 saturated heterocycles. The predicted octanol–water partition coefficient (Wildman–Crippen LogP) is 8.22. The van der Waals surface area contributed by atoms with Gasteiger partial charge in [0.25, 0.3) is 20.2 Å². The number of rotatable bonds is 4. The summed E-state index contributed by atoms with van der Waals surface area (Å²) in [5, 5.41) is 0.0465. The highest BCUT2D eigenvalue weighted by Crippen LogP contribution is 2.35. The molecule has 2 aliphatic heterocycles. The van der Waals surface area contributed by atoms with Crippen LogP contribution in [0.5, 0.6) is 0 Å². The Morgan fingerprint density at radius 1 is 0.540 bits per heavy atom. The van der Waals surface area contributed by atoms with Crippen molar-refractivity contribution in [3.8, 4) is 0 Å². The fourth-order valence-corrected chi connectivity index (χ4v) is 8.24. The summed E-state index contributed by atoms with van der Waals surface area (Å²) in [4.78, 5) is 4.01. The van der Waals surface area contributed by atoms with Crippen LogP contribution in [0, 0.1) is 0 Å². The minimum absolute atomic E-state index is 0.0233. The maximum absolute atomic E-state index is 11.2. The van der Waals surface area contributed by atoms with Crippen molar-refractivity contribution in [2.75, 3.05) is 40.3 Å². The van der Waals surface area contributed by atoms with Gasteiger partial charge >= 0.3 is 0 Å². The van der Waals surface area contributed by atoms with E-state index in [0.717, 1.165) is 25.2 Å². The number of likely N-dealkylation sites (tertiary alicyclic amines) is 2. The van der Waals surface area contributed by atoms with Crippen molar-refractivity contribution in [2.24, 2.45) is 0 Å². The molecule has 2 unspecified atom stereocenters. The first kappa shape index (κ1) is 39.2. The summed E-state index contributed by atoms with van der Waals surface area (Å²) in [6.07, 6.45) is 2.50. The third-order valence-electron chi connectivity index (χ3n) is 9.41. The Hall–Kier alpha value is -3.64. The molecule has 2 N–H and O–H groups in total. The summed E-state index contributed by atoms with van der Waals surface area (Å²) in [6, 6.07) is 29.4. The van der Waals surface area contributed by atoms with Crippen molar-refractivity contribution in [3.05, 3.63) is 130 Å². The van der Waals surface area contributed by atoms with Crippen LogP contribution in [0.2, 0.25) is 0 Å². The summed E-state index contributed by atoms with van der Waals surface area (Å²) in [5.41, 5.74) is 9.15. The molecule has 0 amide bonds. The largest absolute Gasteiger partial charge is 0.302 e. The number of piperidine rings is 2. The van der Waals surface area contributed by atoms with Gasteiger partial charge in [-0.15, -0.1) is 0 Å². The summed E-state index contributed by atoms with van der Waals surface area (Å²) in [5.74, 6) is 1.28. The second kappa shape index (κ2) is 17.0. The lowest BCUT2D eigenvalue weighted by molar-refractivity contribution is 0.304. The SMILES string of the molecule is CC(C)=C1CN(C)CCC1c1ccccc1.CC(C)=C1CN(C)CCC1c1ccccc1.O=S(=O)(O)c1cccc2c(S(=O)(=O)O)cccc12. The lowest BCUT2D eigenvalue weighted by Crippen LogP contribution is -2.32. The average Bonchev–Trinajstić information content (AvgIpc) is 3.08. The molecule has 2 atom stereocenters. The fraction of sp³-hybridized carbons (Fsp3) is 0.350. The predicted molar refractivity (Wildman–Crippen MR) is 203 cm³/mol. The molecule has 50 heavy (non-hydrogen) atoms. The maximum atomic E-state index is 11.2. The van der Waals surface area contributed by atoms with Crippen molar-refractivity contribution in [1.29, 1.82) is 0 Å². The molecule has 10 heteroatoms. The molecule has 6 rings (SSSR count). The van der Waals surface area contributed by atoms with Crippen LogP contribution in [0.3, 0.4) is 0 Å². The molecule has 2 fully saturated rings. The second-order valence-corrected chi connectivity index (χ2v) is 16.4. The normalized spacial score (nSPS) is 18.8. The van der Waals surface area contributed by atoms with Crippen LogP contribution in [0.15, 0.2) is 129 Å². The van der Waals surface area contributed by atoms with E-state index >= 15 is 0 Å². The Morgan fingerprint density at radius 3 is 1.18 bits per heavy atom. The summed E-state index contributed by atoms with van der Waals surface area (Å²) < 4.78 is 62.7. The number of benzene rings is 4. The molecule has 2 heterocycles. The van der Waals surface area contributed by atoms with Gasteiger partial charge in [0.1, 0.15) is 9.79 Å². The van der Waals surface area contributed by atoms with Gasteiger partial charge in [-0.1, -0.05) is 107 Å². The van der Waals surface area contributed by atoms with E-state index in [1.54, 1.807) is 11.1 Å². The molecular formula is C40H50N2O6S2. The second-order valence-electron chi connectivity index (χ2n) is 13.6. The standard InChI is InChI=1S/2C15H21N.C10H8O6S2/c2*1-12(2)15-11-16(3)10-9-14(15)13-7-5-4-6-8-13;11-17(12,13)9-5-1-3-7-8(9)4-2-6-10(7)18(14,15)16/h2*4-8,14H,9-11H2,1-3H3;1-6H,(H,11,12,13)(H,14,15,16). The Kier molecular flexibility index (Phi) is 13.3. The molecule has 0 spiro atoms. The number of fused-ring (bicyclic) bond motifs is 1. The third-order valence-corrected chi connectivity index (χ3v) is 11.2. The van der Waals surface area contributed by atoms with Crippen molar-refractivity contribution in [3.63, 3.8) is 0 Å². The monoisotopic (exact) mass is 718 g/mol. The van der Waals surface area contributed by atoms with Crippen molar-refractivity contribution in [2.45, 2.75) is 62.2 Å². The van der Waals surface area contributed by atoms with Crippen LogP contribution in [0.1, 0.15) is 63.5 Å². The quantitative estimate of drug-likeness (QED) is 0.160. The van der Waals surface area contributed by atoms with Gasteiger partial charge in [0, 0.05) is 35.7 Å². The van der Waals surface area contributed by atoms with Gasteiger partial charge in [-0.25, -0.2) is 0 Å². The Morgan fingerprint density at radius 2 is 0.880 bits per heavy atom. The van der Waals surface area contributed by atoms with Crippen LogP contribution in [-0.4, -0.2) is 76.0 Å². The molecule has 268 valence electrons. The van der Waals surface area contributed by atoms with Crippen LogP contribution in [0.4, 0.5) is 0 Å². The van der Waals surface area contributed by atoms with Gasteiger partial charge in [0.05, 0.1) is 0 Å². The zero-order chi connectivity index (χ0) is 36.6. The average molecular weight is 719 g/mol. The van der Waals surface area contributed by atoms with Gasteiger partial charge in [0.15, 0.2) is 0 Å². The van der Waals surface area contributed by atoms with E-state index < -0.39 is 30.0 Å². The smallest absolute Gasteiger partial charge is 0.295 e.